The Bertz CT molecular complexity index is 643. The third kappa shape index (κ3) is 3.36. The van der Waals surface area contributed by atoms with Gasteiger partial charge in [-0.25, -0.2) is 4.79 Å². The van der Waals surface area contributed by atoms with Crippen LogP contribution in [0.1, 0.15) is 45.2 Å². The highest BCUT2D eigenvalue weighted by molar-refractivity contribution is 5.85. The lowest BCUT2D eigenvalue weighted by Gasteiger charge is -2.34. The molecule has 0 aromatic heterocycles. The van der Waals surface area contributed by atoms with Crippen molar-refractivity contribution in [2.45, 2.75) is 46.1 Å². The van der Waals surface area contributed by atoms with Crippen LogP contribution in [0.4, 0.5) is 4.79 Å². The van der Waals surface area contributed by atoms with Gasteiger partial charge in [0.2, 0.25) is 0 Å². The predicted octanol–water partition coefficient (Wildman–Crippen LogP) is 4.24. The molecule has 1 unspecified atom stereocenters. The molecule has 0 aliphatic carbocycles. The highest BCUT2D eigenvalue weighted by Gasteiger charge is 2.31. The van der Waals surface area contributed by atoms with Gasteiger partial charge in [-0.2, -0.15) is 0 Å². The quantitative estimate of drug-likeness (QED) is 0.778. The molecule has 0 bridgehead atoms. The first-order chi connectivity index (χ1) is 10.8. The van der Waals surface area contributed by atoms with Crippen molar-refractivity contribution in [3.05, 3.63) is 35.4 Å². The Morgan fingerprint density at radius 2 is 2.13 bits per heavy atom. The maximum Gasteiger partial charge on any atom is 0.414 e. The molecule has 0 N–H and O–H groups in total. The molecule has 4 heteroatoms. The molecule has 2 heterocycles. The van der Waals surface area contributed by atoms with E-state index in [9.17, 15) is 4.79 Å². The lowest BCUT2D eigenvalue weighted by atomic mass is 9.97. The molecular weight excluding hydrogens is 290 g/mol. The molecule has 1 aromatic carbocycles. The van der Waals surface area contributed by atoms with E-state index in [1.807, 2.05) is 32.9 Å². The van der Waals surface area contributed by atoms with Crippen molar-refractivity contribution in [2.24, 2.45) is 5.92 Å². The molecule has 23 heavy (non-hydrogen) atoms. The van der Waals surface area contributed by atoms with Crippen LogP contribution >= 0.6 is 0 Å². The average Bonchev–Trinajstić information content (AvgIpc) is 2.94. The summed E-state index contributed by atoms with van der Waals surface area (Å²) < 4.78 is 11.4. The number of allylic oxidation sites excluding steroid dienone is 1. The number of carbonyl (C=O) groups is 1. The Morgan fingerprint density at radius 1 is 1.35 bits per heavy atom. The highest BCUT2D eigenvalue weighted by atomic mass is 16.6. The fraction of sp³-hybridized carbons (Fsp3) is 0.526. The van der Waals surface area contributed by atoms with Crippen LogP contribution in [-0.4, -0.2) is 29.7 Å². The number of amides is 1. The number of rotatable bonds is 1. The van der Waals surface area contributed by atoms with E-state index >= 15 is 0 Å². The molecule has 0 saturated heterocycles. The minimum absolute atomic E-state index is 0.286. The molecule has 2 aliphatic rings. The average molecular weight is 315 g/mol. The van der Waals surface area contributed by atoms with Crippen molar-refractivity contribution >= 4 is 11.8 Å². The molecule has 0 spiro atoms. The zero-order chi connectivity index (χ0) is 16.6. The van der Waals surface area contributed by atoms with Crippen molar-refractivity contribution in [1.82, 2.24) is 4.90 Å². The summed E-state index contributed by atoms with van der Waals surface area (Å²) in [5.74, 6) is 1.34. The third-order valence-corrected chi connectivity index (χ3v) is 4.10. The number of para-hydroxylation sites is 1. The third-order valence-electron chi connectivity index (χ3n) is 4.10. The molecule has 4 nitrogen and oxygen atoms in total. The van der Waals surface area contributed by atoms with E-state index in [4.69, 9.17) is 9.47 Å². The van der Waals surface area contributed by atoms with Gasteiger partial charge < -0.3 is 9.47 Å². The first kappa shape index (κ1) is 15.9. The van der Waals surface area contributed by atoms with Crippen LogP contribution in [0.25, 0.3) is 5.70 Å². The van der Waals surface area contributed by atoms with E-state index in [2.05, 4.69) is 19.1 Å². The van der Waals surface area contributed by atoms with Crippen LogP contribution in [0.15, 0.2) is 24.3 Å². The smallest absolute Gasteiger partial charge is 0.414 e. The van der Waals surface area contributed by atoms with Crippen LogP contribution in [-0.2, 0) is 11.2 Å². The molecule has 0 fully saturated rings. The number of carbonyl (C=O) groups excluding carboxylic acids is 1. The van der Waals surface area contributed by atoms with E-state index in [0.29, 0.717) is 19.1 Å². The Kier molecular flexibility index (Phi) is 4.09. The number of hydrogen-bond donors (Lipinski definition) is 0. The number of hydrogen-bond acceptors (Lipinski definition) is 3. The summed E-state index contributed by atoms with van der Waals surface area (Å²) >= 11 is 0. The molecule has 0 saturated carbocycles. The second-order valence-corrected chi connectivity index (χ2v) is 7.41. The molecule has 2 aliphatic heterocycles. The lowest BCUT2D eigenvalue weighted by molar-refractivity contribution is 0.0327. The largest absolute Gasteiger partial charge is 0.492 e. The predicted molar refractivity (Wildman–Crippen MR) is 90.3 cm³/mol. The van der Waals surface area contributed by atoms with E-state index in [-0.39, 0.29) is 6.09 Å². The van der Waals surface area contributed by atoms with Gasteiger partial charge in [0.05, 0.1) is 12.3 Å². The SMILES string of the molecule is CC1CC=C(c2cccc3c2OCC3)N(C(=O)OC(C)(C)C)C1. The zero-order valence-electron chi connectivity index (χ0n) is 14.4. The summed E-state index contributed by atoms with van der Waals surface area (Å²) in [6, 6.07) is 6.16. The van der Waals surface area contributed by atoms with Crippen molar-refractivity contribution in [2.75, 3.05) is 13.2 Å². The molecular formula is C19H25NO3. The monoisotopic (exact) mass is 315 g/mol. The first-order valence-corrected chi connectivity index (χ1v) is 8.31. The van der Waals surface area contributed by atoms with Gasteiger partial charge in [0.25, 0.3) is 0 Å². The first-order valence-electron chi connectivity index (χ1n) is 8.31. The Morgan fingerprint density at radius 3 is 2.87 bits per heavy atom. The molecule has 1 aromatic rings. The van der Waals surface area contributed by atoms with Gasteiger partial charge in [-0.05, 0) is 44.7 Å². The number of nitrogens with zero attached hydrogens (tertiary/aromatic N) is 1. The van der Waals surface area contributed by atoms with Crippen LogP contribution in [0.3, 0.4) is 0 Å². The molecule has 1 atom stereocenters. The van der Waals surface area contributed by atoms with Gasteiger partial charge in [-0.3, -0.25) is 4.90 Å². The topological polar surface area (TPSA) is 38.8 Å². The normalized spacial score (nSPS) is 20.6. The van der Waals surface area contributed by atoms with Gasteiger partial charge in [0, 0.05) is 18.5 Å². The summed E-state index contributed by atoms with van der Waals surface area (Å²) in [5.41, 5.74) is 2.62. The maximum absolute atomic E-state index is 12.7. The van der Waals surface area contributed by atoms with Crippen molar-refractivity contribution in [3.8, 4) is 5.75 Å². The number of benzene rings is 1. The van der Waals surface area contributed by atoms with E-state index in [0.717, 1.165) is 29.9 Å². The van der Waals surface area contributed by atoms with Gasteiger partial charge in [0.15, 0.2) is 0 Å². The van der Waals surface area contributed by atoms with Crippen molar-refractivity contribution in [3.63, 3.8) is 0 Å². The van der Waals surface area contributed by atoms with Crippen LogP contribution in [0, 0.1) is 5.92 Å². The van der Waals surface area contributed by atoms with Crippen molar-refractivity contribution in [1.29, 1.82) is 0 Å². The Labute approximate surface area is 138 Å². The van der Waals surface area contributed by atoms with E-state index in [1.54, 1.807) is 4.90 Å². The van der Waals surface area contributed by atoms with Gasteiger partial charge in [0.1, 0.15) is 11.4 Å². The fourth-order valence-electron chi connectivity index (χ4n) is 3.07. The summed E-state index contributed by atoms with van der Waals surface area (Å²) in [5, 5.41) is 0. The second-order valence-electron chi connectivity index (χ2n) is 7.41. The second kappa shape index (κ2) is 5.91. The summed E-state index contributed by atoms with van der Waals surface area (Å²) in [6.45, 7) is 9.21. The number of ether oxygens (including phenoxy) is 2. The minimum atomic E-state index is -0.502. The van der Waals surface area contributed by atoms with Gasteiger partial charge in [-0.1, -0.05) is 25.1 Å². The summed E-state index contributed by atoms with van der Waals surface area (Å²) in [6.07, 6.45) is 3.73. The summed E-state index contributed by atoms with van der Waals surface area (Å²) in [7, 11) is 0. The fourth-order valence-corrected chi connectivity index (χ4v) is 3.07. The maximum atomic E-state index is 12.7. The van der Waals surface area contributed by atoms with E-state index in [1.165, 1.54) is 5.56 Å². The van der Waals surface area contributed by atoms with E-state index < -0.39 is 5.60 Å². The lowest BCUT2D eigenvalue weighted by Crippen LogP contribution is -2.39. The molecule has 0 radical (unpaired) electrons. The van der Waals surface area contributed by atoms with Crippen LogP contribution < -0.4 is 4.74 Å². The van der Waals surface area contributed by atoms with Crippen molar-refractivity contribution < 1.29 is 14.3 Å². The standard InChI is InChI=1S/C19H25NO3/c1-13-8-9-16(20(12-13)18(21)23-19(2,3)4)15-7-5-6-14-10-11-22-17(14)15/h5-7,9,13H,8,10-12H2,1-4H3. The summed E-state index contributed by atoms with van der Waals surface area (Å²) in [4.78, 5) is 14.4. The van der Waals surface area contributed by atoms with Gasteiger partial charge >= 0.3 is 6.09 Å². The van der Waals surface area contributed by atoms with Crippen LogP contribution in [0.2, 0.25) is 0 Å². The Hall–Kier alpha value is -1.97. The van der Waals surface area contributed by atoms with Gasteiger partial charge in [-0.15, -0.1) is 0 Å². The molecule has 124 valence electrons. The van der Waals surface area contributed by atoms with Crippen LogP contribution in [0.5, 0.6) is 5.75 Å². The minimum Gasteiger partial charge on any atom is -0.492 e. The number of fused-ring (bicyclic) bond motifs is 1. The highest BCUT2D eigenvalue weighted by Crippen LogP contribution is 2.38. The molecule has 1 amide bonds. The zero-order valence-corrected chi connectivity index (χ0v) is 14.4. The molecule has 3 rings (SSSR count). The Balaban J connectivity index is 1.96.